The van der Waals surface area contributed by atoms with Crippen LogP contribution in [0.3, 0.4) is 0 Å². The minimum absolute atomic E-state index is 0.212. The summed E-state index contributed by atoms with van der Waals surface area (Å²) in [5, 5.41) is 10.5. The average molecular weight is 447 g/mol. The van der Waals surface area contributed by atoms with Gasteiger partial charge in [0.2, 0.25) is 11.7 Å². The zero-order valence-electron chi connectivity index (χ0n) is 16.3. The van der Waals surface area contributed by atoms with E-state index in [0.717, 1.165) is 11.3 Å². The molecule has 30 heavy (non-hydrogen) atoms. The van der Waals surface area contributed by atoms with Crippen molar-refractivity contribution in [1.29, 1.82) is 0 Å². The Balaban J connectivity index is 1.59. The van der Waals surface area contributed by atoms with Gasteiger partial charge in [-0.15, -0.1) is 0 Å². The minimum Gasteiger partial charge on any atom is -0.494 e. The first-order valence-electron chi connectivity index (χ1n) is 8.98. The molecule has 156 valence electrons. The van der Waals surface area contributed by atoms with Crippen LogP contribution in [0.25, 0.3) is 11.4 Å². The second-order valence-electron chi connectivity index (χ2n) is 5.96. The Morgan fingerprint density at radius 2 is 2.00 bits per heavy atom. The Labute approximate surface area is 183 Å². The Morgan fingerprint density at radius 1 is 1.23 bits per heavy atom. The molecule has 8 nitrogen and oxygen atoms in total. The first-order chi connectivity index (χ1) is 14.5. The summed E-state index contributed by atoms with van der Waals surface area (Å²) < 4.78 is 15.4. The lowest BCUT2D eigenvalue weighted by molar-refractivity contribution is 0.0601. The van der Waals surface area contributed by atoms with E-state index in [1.807, 2.05) is 31.2 Å². The zero-order valence-corrected chi connectivity index (χ0v) is 17.8. The van der Waals surface area contributed by atoms with Gasteiger partial charge in [0.05, 0.1) is 36.5 Å². The molecule has 0 saturated carbocycles. The SMILES string of the molecule is CCOc1ccc(-c2noc(CNC(=S)Nc3cc(C(=O)OC)ccc3Cl)n2)cc1. The van der Waals surface area contributed by atoms with Gasteiger partial charge >= 0.3 is 5.97 Å². The molecule has 1 aromatic heterocycles. The van der Waals surface area contributed by atoms with Crippen molar-refractivity contribution >= 4 is 40.6 Å². The maximum Gasteiger partial charge on any atom is 0.337 e. The van der Waals surface area contributed by atoms with E-state index in [-0.39, 0.29) is 11.7 Å². The lowest BCUT2D eigenvalue weighted by Gasteiger charge is -2.11. The first kappa shape index (κ1) is 21.5. The van der Waals surface area contributed by atoms with Gasteiger partial charge in [-0.1, -0.05) is 16.8 Å². The topological polar surface area (TPSA) is 98.5 Å². The molecule has 0 amide bonds. The predicted octanol–water partition coefficient (Wildman–Crippen LogP) is 4.06. The summed E-state index contributed by atoms with van der Waals surface area (Å²) in [7, 11) is 1.31. The highest BCUT2D eigenvalue weighted by Crippen LogP contribution is 2.23. The van der Waals surface area contributed by atoms with Gasteiger partial charge in [-0.3, -0.25) is 0 Å². The van der Waals surface area contributed by atoms with E-state index in [4.69, 9.17) is 37.8 Å². The van der Waals surface area contributed by atoms with Crippen molar-refractivity contribution in [2.45, 2.75) is 13.5 Å². The fourth-order valence-corrected chi connectivity index (χ4v) is 2.85. The first-order valence-corrected chi connectivity index (χ1v) is 9.77. The molecule has 0 fully saturated rings. The number of aromatic nitrogens is 2. The third-order valence-electron chi connectivity index (χ3n) is 3.93. The van der Waals surface area contributed by atoms with Crippen molar-refractivity contribution in [3.05, 3.63) is 58.9 Å². The number of nitrogens with zero attached hydrogens (tertiary/aromatic N) is 2. The van der Waals surface area contributed by atoms with Crippen molar-refractivity contribution in [2.24, 2.45) is 0 Å². The standard InChI is InChI=1S/C20H19ClN4O4S/c1-3-28-14-7-4-12(5-8-14)18-24-17(29-25-18)11-22-20(30)23-16-10-13(19(26)27-2)6-9-15(16)21/h4-10H,3,11H2,1-2H3,(H2,22,23,30). The summed E-state index contributed by atoms with van der Waals surface area (Å²) in [6.07, 6.45) is 0. The fourth-order valence-electron chi connectivity index (χ4n) is 2.50. The van der Waals surface area contributed by atoms with Crippen molar-refractivity contribution < 1.29 is 18.8 Å². The summed E-state index contributed by atoms with van der Waals surface area (Å²) >= 11 is 11.4. The summed E-state index contributed by atoms with van der Waals surface area (Å²) in [4.78, 5) is 16.0. The number of thiocarbonyl (C=S) groups is 1. The molecule has 0 saturated heterocycles. The maximum atomic E-state index is 11.7. The largest absolute Gasteiger partial charge is 0.494 e. The number of carbonyl (C=O) groups is 1. The number of hydrogen-bond acceptors (Lipinski definition) is 7. The highest BCUT2D eigenvalue weighted by atomic mass is 35.5. The van der Waals surface area contributed by atoms with Gasteiger partial charge in [0.15, 0.2) is 5.11 Å². The number of hydrogen-bond donors (Lipinski definition) is 2. The smallest absolute Gasteiger partial charge is 0.337 e. The Bertz CT molecular complexity index is 1040. The van der Waals surface area contributed by atoms with E-state index in [1.165, 1.54) is 7.11 Å². The summed E-state index contributed by atoms with van der Waals surface area (Å²) in [5.74, 6) is 1.12. The minimum atomic E-state index is -0.471. The van der Waals surface area contributed by atoms with Gasteiger partial charge in [0.1, 0.15) is 5.75 Å². The van der Waals surface area contributed by atoms with Crippen LogP contribution in [0, 0.1) is 0 Å². The van der Waals surface area contributed by atoms with E-state index in [0.29, 0.717) is 34.6 Å². The van der Waals surface area contributed by atoms with Crippen LogP contribution in [0.1, 0.15) is 23.2 Å². The van der Waals surface area contributed by atoms with Gasteiger partial charge in [0.25, 0.3) is 0 Å². The molecule has 2 aromatic carbocycles. The molecule has 0 radical (unpaired) electrons. The number of rotatable bonds is 7. The van der Waals surface area contributed by atoms with Crippen LogP contribution in [-0.4, -0.2) is 34.9 Å². The number of benzene rings is 2. The van der Waals surface area contributed by atoms with E-state index in [2.05, 4.69) is 20.8 Å². The molecule has 0 unspecified atom stereocenters. The van der Waals surface area contributed by atoms with E-state index in [1.54, 1.807) is 18.2 Å². The molecule has 2 N–H and O–H groups in total. The van der Waals surface area contributed by atoms with Gasteiger partial charge in [-0.25, -0.2) is 4.79 Å². The highest BCUT2D eigenvalue weighted by Gasteiger charge is 2.12. The quantitative estimate of drug-likeness (QED) is 0.411. The Kier molecular flexibility index (Phi) is 7.21. The van der Waals surface area contributed by atoms with Crippen LogP contribution in [-0.2, 0) is 11.3 Å². The van der Waals surface area contributed by atoms with Gasteiger partial charge in [0, 0.05) is 5.56 Å². The molecule has 1 heterocycles. The van der Waals surface area contributed by atoms with Crippen molar-refractivity contribution in [3.63, 3.8) is 0 Å². The van der Waals surface area contributed by atoms with Crippen LogP contribution < -0.4 is 15.4 Å². The zero-order chi connectivity index (χ0) is 21.5. The number of methoxy groups -OCH3 is 1. The highest BCUT2D eigenvalue weighted by molar-refractivity contribution is 7.80. The van der Waals surface area contributed by atoms with Crippen molar-refractivity contribution in [1.82, 2.24) is 15.5 Å². The van der Waals surface area contributed by atoms with Crippen LogP contribution in [0.5, 0.6) is 5.75 Å². The number of nitrogens with one attached hydrogen (secondary N) is 2. The lowest BCUT2D eigenvalue weighted by atomic mass is 10.2. The number of ether oxygens (including phenoxy) is 2. The third-order valence-corrected chi connectivity index (χ3v) is 4.50. The summed E-state index contributed by atoms with van der Waals surface area (Å²) in [6, 6.07) is 12.1. The van der Waals surface area contributed by atoms with Crippen LogP contribution in [0.2, 0.25) is 5.02 Å². The monoisotopic (exact) mass is 446 g/mol. The van der Waals surface area contributed by atoms with Crippen molar-refractivity contribution in [2.75, 3.05) is 19.0 Å². The van der Waals surface area contributed by atoms with E-state index < -0.39 is 5.97 Å². The molecule has 0 aliphatic carbocycles. The van der Waals surface area contributed by atoms with Crippen molar-refractivity contribution in [3.8, 4) is 17.1 Å². The van der Waals surface area contributed by atoms with Gasteiger partial charge < -0.3 is 24.6 Å². The predicted molar refractivity (Wildman–Crippen MR) is 117 cm³/mol. The molecular formula is C20H19ClN4O4S. The molecule has 0 spiro atoms. The molecule has 3 aromatic rings. The summed E-state index contributed by atoms with van der Waals surface area (Å²) in [6.45, 7) is 2.74. The second-order valence-corrected chi connectivity index (χ2v) is 6.78. The van der Waals surface area contributed by atoms with Gasteiger partial charge in [-0.2, -0.15) is 4.98 Å². The lowest BCUT2D eigenvalue weighted by Crippen LogP contribution is -2.28. The number of esters is 1. The molecule has 3 rings (SSSR count). The molecule has 0 aliphatic heterocycles. The summed E-state index contributed by atoms with van der Waals surface area (Å²) in [5.41, 5.74) is 1.63. The van der Waals surface area contributed by atoms with Crippen LogP contribution >= 0.6 is 23.8 Å². The number of anilines is 1. The van der Waals surface area contributed by atoms with Crippen LogP contribution in [0.15, 0.2) is 47.0 Å². The number of halogens is 1. The molecule has 0 atom stereocenters. The molecule has 0 bridgehead atoms. The Morgan fingerprint density at radius 3 is 2.70 bits per heavy atom. The number of carbonyl (C=O) groups excluding carboxylic acids is 1. The van der Waals surface area contributed by atoms with E-state index in [9.17, 15) is 4.79 Å². The maximum absolute atomic E-state index is 11.7. The third kappa shape index (κ3) is 5.46. The van der Waals surface area contributed by atoms with Crippen LogP contribution in [0.4, 0.5) is 5.69 Å². The Hall–Kier alpha value is -3.17. The molecular weight excluding hydrogens is 428 g/mol. The van der Waals surface area contributed by atoms with Gasteiger partial charge in [-0.05, 0) is 61.6 Å². The molecule has 0 aliphatic rings. The molecule has 10 heteroatoms. The second kappa shape index (κ2) is 10.0. The fraction of sp³-hybridized carbons (Fsp3) is 0.200. The average Bonchev–Trinajstić information content (AvgIpc) is 3.23. The normalized spacial score (nSPS) is 10.4. The van der Waals surface area contributed by atoms with E-state index >= 15 is 0 Å².